The average molecular weight is 271 g/mol. The van der Waals surface area contributed by atoms with Crippen molar-refractivity contribution in [2.24, 2.45) is 0 Å². The molecule has 0 fully saturated rings. The van der Waals surface area contributed by atoms with Crippen molar-refractivity contribution in [1.29, 1.82) is 0 Å². The van der Waals surface area contributed by atoms with Crippen LogP contribution in [0, 0.1) is 6.92 Å². The molecule has 1 N–H and O–H groups in total. The van der Waals surface area contributed by atoms with Crippen LogP contribution in [-0.4, -0.2) is 9.97 Å². The lowest BCUT2D eigenvalue weighted by molar-refractivity contribution is 1.17. The molecule has 0 saturated carbocycles. The summed E-state index contributed by atoms with van der Waals surface area (Å²) in [6, 6.07) is 11.4. The summed E-state index contributed by atoms with van der Waals surface area (Å²) in [4.78, 5) is 18.4. The Bertz CT molecular complexity index is 824. The molecule has 0 saturated heterocycles. The third-order valence-electron chi connectivity index (χ3n) is 3.22. The summed E-state index contributed by atoms with van der Waals surface area (Å²) in [5, 5.41) is 1.32. The van der Waals surface area contributed by atoms with Crippen molar-refractivity contribution in [3.05, 3.63) is 63.7 Å². The zero-order valence-corrected chi connectivity index (χ0v) is 11.0. The SMILES string of the molecule is Cc1c(Cl)cccc1-c1ccc2c(=O)[nH]cnc2c1. The van der Waals surface area contributed by atoms with E-state index in [2.05, 4.69) is 9.97 Å². The van der Waals surface area contributed by atoms with Crippen molar-refractivity contribution in [2.75, 3.05) is 0 Å². The Morgan fingerprint density at radius 1 is 1.21 bits per heavy atom. The number of aromatic nitrogens is 2. The number of aromatic amines is 1. The van der Waals surface area contributed by atoms with Gasteiger partial charge in [0.1, 0.15) is 0 Å². The molecule has 0 spiro atoms. The standard InChI is InChI=1S/C15H11ClN2O/c1-9-11(3-2-4-13(9)16)10-5-6-12-14(7-10)17-8-18-15(12)19/h2-8H,1H3,(H,17,18,19). The van der Waals surface area contributed by atoms with Crippen LogP contribution >= 0.6 is 11.6 Å². The van der Waals surface area contributed by atoms with Gasteiger partial charge in [0.2, 0.25) is 0 Å². The van der Waals surface area contributed by atoms with Crippen molar-refractivity contribution < 1.29 is 0 Å². The zero-order valence-electron chi connectivity index (χ0n) is 10.3. The highest BCUT2D eigenvalue weighted by Crippen LogP contribution is 2.29. The van der Waals surface area contributed by atoms with E-state index in [1.807, 2.05) is 37.3 Å². The fourth-order valence-electron chi connectivity index (χ4n) is 2.16. The predicted octanol–water partition coefficient (Wildman–Crippen LogP) is 3.55. The molecular weight excluding hydrogens is 260 g/mol. The van der Waals surface area contributed by atoms with E-state index in [4.69, 9.17) is 11.6 Å². The van der Waals surface area contributed by atoms with Crippen molar-refractivity contribution >= 4 is 22.5 Å². The normalized spacial score (nSPS) is 10.8. The lowest BCUT2D eigenvalue weighted by atomic mass is 9.99. The highest BCUT2D eigenvalue weighted by Gasteiger charge is 2.07. The molecule has 3 nitrogen and oxygen atoms in total. The van der Waals surface area contributed by atoms with E-state index in [1.165, 1.54) is 6.33 Å². The quantitative estimate of drug-likeness (QED) is 0.735. The van der Waals surface area contributed by atoms with Crippen molar-refractivity contribution in [3.8, 4) is 11.1 Å². The highest BCUT2D eigenvalue weighted by molar-refractivity contribution is 6.31. The van der Waals surface area contributed by atoms with Crippen molar-refractivity contribution in [2.45, 2.75) is 6.92 Å². The molecule has 94 valence electrons. The van der Waals surface area contributed by atoms with E-state index in [-0.39, 0.29) is 5.56 Å². The fourth-order valence-corrected chi connectivity index (χ4v) is 2.33. The molecule has 2 aromatic carbocycles. The smallest absolute Gasteiger partial charge is 0.258 e. The summed E-state index contributed by atoms with van der Waals surface area (Å²) in [5.74, 6) is 0. The Kier molecular flexibility index (Phi) is 2.84. The monoisotopic (exact) mass is 270 g/mol. The number of hydrogen-bond acceptors (Lipinski definition) is 2. The molecule has 4 heteroatoms. The molecular formula is C15H11ClN2O. The van der Waals surface area contributed by atoms with E-state index < -0.39 is 0 Å². The van der Waals surface area contributed by atoms with Crippen LogP contribution in [0.1, 0.15) is 5.56 Å². The number of hydrogen-bond donors (Lipinski definition) is 1. The van der Waals surface area contributed by atoms with Crippen LogP contribution in [0.4, 0.5) is 0 Å². The van der Waals surface area contributed by atoms with Crippen LogP contribution in [0.25, 0.3) is 22.0 Å². The topological polar surface area (TPSA) is 45.8 Å². The molecule has 19 heavy (non-hydrogen) atoms. The molecule has 1 heterocycles. The van der Waals surface area contributed by atoms with Crippen LogP contribution in [0.15, 0.2) is 47.5 Å². The molecule has 3 aromatic rings. The molecule has 0 radical (unpaired) electrons. The van der Waals surface area contributed by atoms with Crippen molar-refractivity contribution in [3.63, 3.8) is 0 Å². The molecule has 0 aliphatic heterocycles. The summed E-state index contributed by atoms with van der Waals surface area (Å²) in [6.45, 7) is 1.98. The Hall–Kier alpha value is -2.13. The summed E-state index contributed by atoms with van der Waals surface area (Å²) >= 11 is 6.14. The minimum absolute atomic E-state index is 0.126. The maximum atomic E-state index is 11.6. The maximum absolute atomic E-state index is 11.6. The number of nitrogens with one attached hydrogen (secondary N) is 1. The minimum Gasteiger partial charge on any atom is -0.313 e. The van der Waals surface area contributed by atoms with Crippen LogP contribution in [0.3, 0.4) is 0 Å². The third-order valence-corrected chi connectivity index (χ3v) is 3.63. The highest BCUT2D eigenvalue weighted by atomic mass is 35.5. The van der Waals surface area contributed by atoms with Gasteiger partial charge in [-0.15, -0.1) is 0 Å². The lowest BCUT2D eigenvalue weighted by Crippen LogP contribution is -2.05. The van der Waals surface area contributed by atoms with Gasteiger partial charge in [0.05, 0.1) is 17.2 Å². The van der Waals surface area contributed by atoms with Crippen LogP contribution in [0.5, 0.6) is 0 Å². The Morgan fingerprint density at radius 2 is 2.05 bits per heavy atom. The second-order valence-corrected chi connectivity index (χ2v) is 4.78. The number of rotatable bonds is 1. The summed E-state index contributed by atoms with van der Waals surface area (Å²) in [6.07, 6.45) is 1.42. The summed E-state index contributed by atoms with van der Waals surface area (Å²) < 4.78 is 0. The van der Waals surface area contributed by atoms with Gasteiger partial charge in [-0.2, -0.15) is 0 Å². The first-order chi connectivity index (χ1) is 9.16. The minimum atomic E-state index is -0.126. The van der Waals surface area contributed by atoms with Gasteiger partial charge >= 0.3 is 0 Å². The van der Waals surface area contributed by atoms with Gasteiger partial charge in [-0.3, -0.25) is 4.79 Å². The summed E-state index contributed by atoms with van der Waals surface area (Å²) in [5.41, 5.74) is 3.63. The Balaban J connectivity index is 2.27. The maximum Gasteiger partial charge on any atom is 0.258 e. The van der Waals surface area contributed by atoms with Crippen LogP contribution < -0.4 is 5.56 Å². The molecule has 0 bridgehead atoms. The van der Waals surface area contributed by atoms with E-state index in [1.54, 1.807) is 6.07 Å². The number of benzene rings is 2. The van der Waals surface area contributed by atoms with Crippen LogP contribution in [0.2, 0.25) is 5.02 Å². The lowest BCUT2D eigenvalue weighted by Gasteiger charge is -2.08. The van der Waals surface area contributed by atoms with E-state index in [9.17, 15) is 4.79 Å². The Morgan fingerprint density at radius 3 is 2.89 bits per heavy atom. The van der Waals surface area contributed by atoms with Crippen LogP contribution in [-0.2, 0) is 0 Å². The first kappa shape index (κ1) is 11.9. The third kappa shape index (κ3) is 2.02. The number of fused-ring (bicyclic) bond motifs is 1. The number of halogens is 1. The molecule has 0 aliphatic carbocycles. The molecule has 0 amide bonds. The number of H-pyrrole nitrogens is 1. The first-order valence-corrected chi connectivity index (χ1v) is 6.27. The van der Waals surface area contributed by atoms with Gasteiger partial charge in [0.25, 0.3) is 5.56 Å². The van der Waals surface area contributed by atoms with Gasteiger partial charge in [-0.25, -0.2) is 4.98 Å². The van der Waals surface area contributed by atoms with Gasteiger partial charge in [0, 0.05) is 5.02 Å². The van der Waals surface area contributed by atoms with E-state index >= 15 is 0 Å². The average Bonchev–Trinajstić information content (AvgIpc) is 2.42. The van der Waals surface area contributed by atoms with Gasteiger partial charge in [-0.1, -0.05) is 29.8 Å². The van der Waals surface area contributed by atoms with E-state index in [0.717, 1.165) is 21.7 Å². The Labute approximate surface area is 114 Å². The fraction of sp³-hybridized carbons (Fsp3) is 0.0667. The molecule has 3 rings (SSSR count). The second kappa shape index (κ2) is 4.52. The second-order valence-electron chi connectivity index (χ2n) is 4.38. The predicted molar refractivity (Wildman–Crippen MR) is 77.5 cm³/mol. The van der Waals surface area contributed by atoms with Gasteiger partial charge < -0.3 is 4.98 Å². The van der Waals surface area contributed by atoms with Gasteiger partial charge in [0.15, 0.2) is 0 Å². The first-order valence-electron chi connectivity index (χ1n) is 5.90. The molecule has 0 atom stereocenters. The zero-order chi connectivity index (χ0) is 13.4. The molecule has 0 aliphatic rings. The molecule has 1 aromatic heterocycles. The molecule has 0 unspecified atom stereocenters. The summed E-state index contributed by atoms with van der Waals surface area (Å²) in [7, 11) is 0. The largest absolute Gasteiger partial charge is 0.313 e. The van der Waals surface area contributed by atoms with Crippen molar-refractivity contribution in [1.82, 2.24) is 9.97 Å². The number of nitrogens with zero attached hydrogens (tertiary/aromatic N) is 1. The van der Waals surface area contributed by atoms with Gasteiger partial charge in [-0.05, 0) is 41.8 Å². The van der Waals surface area contributed by atoms with E-state index in [0.29, 0.717) is 10.9 Å².